The van der Waals surface area contributed by atoms with E-state index in [9.17, 15) is 9.90 Å². The number of amides is 1. The van der Waals surface area contributed by atoms with Crippen LogP contribution in [0.15, 0.2) is 58.8 Å². The Hall–Kier alpha value is -3.39. The first-order chi connectivity index (χ1) is 14.6. The highest BCUT2D eigenvalue weighted by molar-refractivity contribution is 5.95. The van der Waals surface area contributed by atoms with E-state index in [0.29, 0.717) is 18.2 Å². The number of para-hydroxylation sites is 3. The zero-order valence-corrected chi connectivity index (χ0v) is 17.5. The standard InChI is InChI=1S/C22H26N4O4/c1-4-25(5-2)15-26-17-11-7-6-10-16(17)21(22(26)28)24-23-20(27)14-30-19-13-9-8-12-18(19)29-3/h6-13,28H,4-5,14-15H2,1-3H3/p+1. The molecule has 0 radical (unpaired) electrons. The molecule has 3 rings (SSSR count). The van der Waals surface area contributed by atoms with Gasteiger partial charge in [0.05, 0.1) is 25.7 Å². The van der Waals surface area contributed by atoms with Gasteiger partial charge in [-0.1, -0.05) is 30.3 Å². The van der Waals surface area contributed by atoms with Crippen LogP contribution in [0.4, 0.5) is 5.69 Å². The quantitative estimate of drug-likeness (QED) is 0.530. The average Bonchev–Trinajstić information content (AvgIpc) is 3.05. The number of ether oxygens (including phenoxy) is 2. The number of nitrogens with zero attached hydrogens (tertiary/aromatic N) is 3. The molecule has 8 heteroatoms. The number of aromatic hydroxyl groups is 1. The molecule has 0 saturated carbocycles. The van der Waals surface area contributed by atoms with E-state index in [4.69, 9.17) is 9.47 Å². The number of carbonyl (C=O) groups is 1. The SMILES string of the molecule is CC[NH+](CC)Cn1c(O)c(N=NC(=O)COc2ccccc2OC)c2ccccc21. The molecule has 1 amide bonds. The monoisotopic (exact) mass is 411 g/mol. The third-order valence-electron chi connectivity index (χ3n) is 4.98. The Morgan fingerprint density at radius 2 is 1.73 bits per heavy atom. The first-order valence-electron chi connectivity index (χ1n) is 9.93. The van der Waals surface area contributed by atoms with Gasteiger partial charge in [-0.15, -0.1) is 10.2 Å². The summed E-state index contributed by atoms with van der Waals surface area (Å²) in [5, 5.41) is 19.3. The third-order valence-corrected chi connectivity index (χ3v) is 4.98. The maximum Gasteiger partial charge on any atom is 0.302 e. The first-order valence-corrected chi connectivity index (χ1v) is 9.93. The van der Waals surface area contributed by atoms with Crippen LogP contribution in [0.1, 0.15) is 13.8 Å². The Bertz CT molecular complexity index is 1040. The summed E-state index contributed by atoms with van der Waals surface area (Å²) in [6.45, 7) is 6.37. The predicted molar refractivity (Wildman–Crippen MR) is 114 cm³/mol. The van der Waals surface area contributed by atoms with Crippen molar-refractivity contribution in [2.75, 3.05) is 26.8 Å². The third kappa shape index (κ3) is 4.60. The van der Waals surface area contributed by atoms with Gasteiger partial charge >= 0.3 is 5.91 Å². The second-order valence-electron chi connectivity index (χ2n) is 6.77. The number of nitrogens with one attached hydrogen (secondary N) is 1. The first kappa shape index (κ1) is 21.3. The number of azo groups is 1. The summed E-state index contributed by atoms with van der Waals surface area (Å²) in [5.41, 5.74) is 1.13. The van der Waals surface area contributed by atoms with Crippen LogP contribution in [-0.2, 0) is 11.5 Å². The van der Waals surface area contributed by atoms with E-state index in [1.807, 2.05) is 34.9 Å². The minimum Gasteiger partial charge on any atom is -0.493 e. The number of carbonyl (C=O) groups excluding carboxylic acids is 1. The minimum absolute atomic E-state index is 0.00204. The molecule has 8 nitrogen and oxygen atoms in total. The molecule has 0 bridgehead atoms. The van der Waals surface area contributed by atoms with Gasteiger partial charge in [0.1, 0.15) is 0 Å². The van der Waals surface area contributed by atoms with Gasteiger partial charge in [0, 0.05) is 5.39 Å². The highest BCUT2D eigenvalue weighted by Crippen LogP contribution is 2.38. The van der Waals surface area contributed by atoms with Gasteiger partial charge in [-0.3, -0.25) is 9.36 Å². The van der Waals surface area contributed by atoms with E-state index in [-0.39, 0.29) is 18.2 Å². The fourth-order valence-electron chi connectivity index (χ4n) is 3.24. The van der Waals surface area contributed by atoms with Crippen molar-refractivity contribution in [3.05, 3.63) is 48.5 Å². The Kier molecular flexibility index (Phi) is 7.03. The second kappa shape index (κ2) is 9.89. The lowest BCUT2D eigenvalue weighted by Gasteiger charge is -2.17. The van der Waals surface area contributed by atoms with Crippen molar-refractivity contribution in [2.24, 2.45) is 10.2 Å². The molecule has 0 aliphatic carbocycles. The molecule has 0 aliphatic rings. The van der Waals surface area contributed by atoms with E-state index >= 15 is 0 Å². The van der Waals surface area contributed by atoms with Crippen molar-refractivity contribution >= 4 is 22.5 Å². The molecule has 0 fully saturated rings. The minimum atomic E-state index is -0.563. The second-order valence-corrected chi connectivity index (χ2v) is 6.77. The van der Waals surface area contributed by atoms with Crippen LogP contribution in [0.5, 0.6) is 17.4 Å². The summed E-state index contributed by atoms with van der Waals surface area (Å²) < 4.78 is 12.5. The topological polar surface area (TPSA) is 89.9 Å². The Balaban J connectivity index is 1.80. The van der Waals surface area contributed by atoms with Crippen molar-refractivity contribution in [3.63, 3.8) is 0 Å². The number of fused-ring (bicyclic) bond motifs is 1. The van der Waals surface area contributed by atoms with Gasteiger partial charge in [-0.2, -0.15) is 0 Å². The molecule has 2 N–H and O–H groups in total. The summed E-state index contributed by atoms with van der Waals surface area (Å²) in [6.07, 6.45) is 0. The molecule has 0 aliphatic heterocycles. The summed E-state index contributed by atoms with van der Waals surface area (Å²) in [4.78, 5) is 13.5. The maximum absolute atomic E-state index is 12.2. The number of hydrogen-bond acceptors (Lipinski definition) is 5. The van der Waals surface area contributed by atoms with Crippen molar-refractivity contribution in [1.82, 2.24) is 4.57 Å². The van der Waals surface area contributed by atoms with Crippen molar-refractivity contribution < 1.29 is 24.3 Å². The molecule has 0 saturated heterocycles. The molecule has 158 valence electrons. The van der Waals surface area contributed by atoms with Crippen LogP contribution in [0.25, 0.3) is 10.9 Å². The van der Waals surface area contributed by atoms with Gasteiger partial charge in [-0.05, 0) is 32.0 Å². The fourth-order valence-corrected chi connectivity index (χ4v) is 3.24. The molecule has 0 atom stereocenters. The highest BCUT2D eigenvalue weighted by atomic mass is 16.5. The van der Waals surface area contributed by atoms with E-state index in [1.165, 1.54) is 12.0 Å². The van der Waals surface area contributed by atoms with Gasteiger partial charge < -0.3 is 19.5 Å². The lowest BCUT2D eigenvalue weighted by molar-refractivity contribution is -0.919. The van der Waals surface area contributed by atoms with Gasteiger partial charge in [0.25, 0.3) is 0 Å². The van der Waals surface area contributed by atoms with Crippen LogP contribution < -0.4 is 14.4 Å². The van der Waals surface area contributed by atoms with Crippen molar-refractivity contribution in [1.29, 1.82) is 0 Å². The lowest BCUT2D eigenvalue weighted by Crippen LogP contribution is -3.10. The zero-order chi connectivity index (χ0) is 21.5. The highest BCUT2D eigenvalue weighted by Gasteiger charge is 2.19. The molecule has 1 heterocycles. The smallest absolute Gasteiger partial charge is 0.302 e. The Morgan fingerprint density at radius 3 is 2.43 bits per heavy atom. The predicted octanol–water partition coefficient (Wildman–Crippen LogP) is 2.93. The largest absolute Gasteiger partial charge is 0.493 e. The summed E-state index contributed by atoms with van der Waals surface area (Å²) >= 11 is 0. The molecule has 3 aromatic rings. The fraction of sp³-hybridized carbons (Fsp3) is 0.318. The van der Waals surface area contributed by atoms with Crippen LogP contribution in [0.3, 0.4) is 0 Å². The number of hydrogen-bond donors (Lipinski definition) is 2. The number of benzene rings is 2. The zero-order valence-electron chi connectivity index (χ0n) is 17.5. The molecule has 30 heavy (non-hydrogen) atoms. The van der Waals surface area contributed by atoms with E-state index in [2.05, 4.69) is 24.1 Å². The number of methoxy groups -OCH3 is 1. The molecule has 1 aromatic heterocycles. The van der Waals surface area contributed by atoms with Crippen molar-refractivity contribution in [2.45, 2.75) is 20.5 Å². The number of aromatic nitrogens is 1. The lowest BCUT2D eigenvalue weighted by atomic mass is 10.2. The summed E-state index contributed by atoms with van der Waals surface area (Å²) in [5.74, 6) is 0.413. The Labute approximate surface area is 175 Å². The van der Waals surface area contributed by atoms with Gasteiger partial charge in [-0.25, -0.2) is 0 Å². The summed E-state index contributed by atoms with van der Waals surface area (Å²) in [7, 11) is 1.53. The van der Waals surface area contributed by atoms with Crippen LogP contribution in [0, 0.1) is 0 Å². The number of rotatable bonds is 9. The van der Waals surface area contributed by atoms with Crippen molar-refractivity contribution in [3.8, 4) is 17.4 Å². The molecule has 0 unspecified atom stereocenters. The number of quaternary nitrogens is 1. The normalized spacial score (nSPS) is 11.5. The van der Waals surface area contributed by atoms with Crippen LogP contribution in [-0.4, -0.2) is 42.4 Å². The molecule has 0 spiro atoms. The van der Waals surface area contributed by atoms with Gasteiger partial charge in [0.2, 0.25) is 5.88 Å². The van der Waals surface area contributed by atoms with Crippen LogP contribution in [0.2, 0.25) is 0 Å². The Morgan fingerprint density at radius 1 is 1.07 bits per heavy atom. The molecular weight excluding hydrogens is 384 g/mol. The average molecular weight is 411 g/mol. The van der Waals surface area contributed by atoms with Crippen LogP contribution >= 0.6 is 0 Å². The molecule has 2 aromatic carbocycles. The van der Waals surface area contributed by atoms with E-state index in [1.54, 1.807) is 18.2 Å². The van der Waals surface area contributed by atoms with Gasteiger partial charge in [0.15, 0.2) is 30.5 Å². The molecular formula is C22H27N4O4+. The summed E-state index contributed by atoms with van der Waals surface area (Å²) in [6, 6.07) is 14.6. The maximum atomic E-state index is 12.2. The van der Waals surface area contributed by atoms with E-state index in [0.717, 1.165) is 24.0 Å². The van der Waals surface area contributed by atoms with E-state index < -0.39 is 5.91 Å².